The van der Waals surface area contributed by atoms with Crippen molar-refractivity contribution in [2.45, 2.75) is 19.4 Å². The molecule has 1 amide bonds. The molecule has 1 aliphatic rings. The van der Waals surface area contributed by atoms with Crippen LogP contribution in [0.3, 0.4) is 0 Å². The summed E-state index contributed by atoms with van der Waals surface area (Å²) in [7, 11) is 1.48. The first kappa shape index (κ1) is 18.1. The molecular weight excluding hydrogens is 359 g/mol. The van der Waals surface area contributed by atoms with E-state index in [1.165, 1.54) is 25.5 Å². The quantitative estimate of drug-likeness (QED) is 0.808. The van der Waals surface area contributed by atoms with Gasteiger partial charge in [0.05, 0.1) is 17.2 Å². The molecule has 25 heavy (non-hydrogen) atoms. The molecule has 4 nitrogen and oxygen atoms in total. The molecule has 0 aromatic heterocycles. The van der Waals surface area contributed by atoms with Crippen LogP contribution < -0.4 is 10.1 Å². The molecule has 1 N–H and O–H groups in total. The van der Waals surface area contributed by atoms with Gasteiger partial charge in [0, 0.05) is 17.8 Å². The number of hydrogen-bond acceptors (Lipinski definition) is 3. The number of rotatable bonds is 5. The van der Waals surface area contributed by atoms with Crippen LogP contribution in [0.5, 0.6) is 5.75 Å². The first-order chi connectivity index (χ1) is 12.1. The van der Waals surface area contributed by atoms with Gasteiger partial charge in [0.15, 0.2) is 5.75 Å². The van der Waals surface area contributed by atoms with E-state index in [0.29, 0.717) is 21.4 Å². The Bertz CT molecular complexity index is 734. The van der Waals surface area contributed by atoms with Crippen molar-refractivity contribution in [2.24, 2.45) is 0 Å². The highest BCUT2D eigenvalue weighted by Crippen LogP contribution is 2.34. The van der Waals surface area contributed by atoms with Crippen molar-refractivity contribution in [3.8, 4) is 5.75 Å². The summed E-state index contributed by atoms with van der Waals surface area (Å²) in [5.41, 5.74) is 2.37. The zero-order valence-corrected chi connectivity index (χ0v) is 15.5. The lowest BCUT2D eigenvalue weighted by Gasteiger charge is -2.15. The van der Waals surface area contributed by atoms with Gasteiger partial charge in [-0.15, -0.1) is 0 Å². The van der Waals surface area contributed by atoms with E-state index in [1.54, 1.807) is 12.1 Å². The lowest BCUT2D eigenvalue weighted by Crippen LogP contribution is -2.18. The number of ether oxygens (including phenoxy) is 1. The van der Waals surface area contributed by atoms with Gasteiger partial charge in [-0.1, -0.05) is 35.3 Å². The van der Waals surface area contributed by atoms with Crippen LogP contribution in [-0.4, -0.2) is 31.0 Å². The Balaban J connectivity index is 1.66. The molecule has 6 heteroatoms. The molecule has 0 saturated carbocycles. The Morgan fingerprint density at radius 1 is 1.12 bits per heavy atom. The molecule has 2 aromatic carbocycles. The normalized spacial score (nSPS) is 14.5. The predicted octanol–water partition coefficient (Wildman–Crippen LogP) is 4.85. The number of halogens is 2. The molecule has 132 valence electrons. The zero-order chi connectivity index (χ0) is 17.8. The van der Waals surface area contributed by atoms with E-state index < -0.39 is 0 Å². The Hall–Kier alpha value is -1.75. The molecule has 1 saturated heterocycles. The third-order valence-corrected chi connectivity index (χ3v) is 4.84. The van der Waals surface area contributed by atoms with Crippen LogP contribution in [0.15, 0.2) is 36.4 Å². The number of nitrogens with one attached hydrogen (secondary N) is 1. The first-order valence-corrected chi connectivity index (χ1v) is 8.98. The van der Waals surface area contributed by atoms with Crippen LogP contribution in [0, 0.1) is 0 Å². The SMILES string of the molecule is COc1c(Cl)cc(C(=O)Nc2ccc(CN3CCCC3)cc2)cc1Cl. The van der Waals surface area contributed by atoms with E-state index in [1.807, 2.05) is 24.3 Å². The minimum atomic E-state index is -0.265. The molecule has 0 radical (unpaired) electrons. The molecule has 1 fully saturated rings. The highest BCUT2D eigenvalue weighted by molar-refractivity contribution is 6.37. The van der Waals surface area contributed by atoms with Crippen molar-refractivity contribution in [1.82, 2.24) is 4.90 Å². The molecule has 0 spiro atoms. The molecule has 2 aromatic rings. The number of likely N-dealkylation sites (tertiary alicyclic amines) is 1. The second-order valence-electron chi connectivity index (χ2n) is 6.11. The maximum Gasteiger partial charge on any atom is 0.255 e. The second-order valence-corrected chi connectivity index (χ2v) is 6.92. The number of nitrogens with zero attached hydrogens (tertiary/aromatic N) is 1. The number of methoxy groups -OCH3 is 1. The van der Waals surface area contributed by atoms with Crippen molar-refractivity contribution < 1.29 is 9.53 Å². The lowest BCUT2D eigenvalue weighted by molar-refractivity contribution is 0.102. The summed E-state index contributed by atoms with van der Waals surface area (Å²) < 4.78 is 5.10. The summed E-state index contributed by atoms with van der Waals surface area (Å²) in [5, 5.41) is 3.47. The summed E-state index contributed by atoms with van der Waals surface area (Å²) in [6.07, 6.45) is 2.56. The fraction of sp³-hybridized carbons (Fsp3) is 0.316. The molecule has 0 bridgehead atoms. The maximum absolute atomic E-state index is 12.4. The van der Waals surface area contributed by atoms with E-state index in [9.17, 15) is 4.79 Å². The predicted molar refractivity (Wildman–Crippen MR) is 102 cm³/mol. The Labute approximate surface area is 157 Å². The monoisotopic (exact) mass is 378 g/mol. The highest BCUT2D eigenvalue weighted by Gasteiger charge is 2.14. The first-order valence-electron chi connectivity index (χ1n) is 8.22. The standard InChI is InChI=1S/C19H20Cl2N2O2/c1-25-18-16(20)10-14(11-17(18)21)19(24)22-15-6-4-13(5-7-15)12-23-8-2-3-9-23/h4-7,10-11H,2-3,8-9,12H2,1H3,(H,22,24). The average Bonchev–Trinajstić information content (AvgIpc) is 3.09. The smallest absolute Gasteiger partial charge is 0.255 e. The summed E-state index contributed by atoms with van der Waals surface area (Å²) in [6, 6.07) is 11.0. The van der Waals surface area contributed by atoms with Crippen molar-refractivity contribution in [1.29, 1.82) is 0 Å². The van der Waals surface area contributed by atoms with E-state index in [2.05, 4.69) is 10.2 Å². The van der Waals surface area contributed by atoms with E-state index in [0.717, 1.165) is 25.3 Å². The van der Waals surface area contributed by atoms with Crippen LogP contribution in [-0.2, 0) is 6.54 Å². The third-order valence-electron chi connectivity index (χ3n) is 4.28. The molecular formula is C19H20Cl2N2O2. The average molecular weight is 379 g/mol. The van der Waals surface area contributed by atoms with Crippen molar-refractivity contribution in [3.63, 3.8) is 0 Å². The summed E-state index contributed by atoms with van der Waals surface area (Å²) in [5.74, 6) is 0.102. The molecule has 0 atom stereocenters. The van der Waals surface area contributed by atoms with Crippen LogP contribution in [0.1, 0.15) is 28.8 Å². The summed E-state index contributed by atoms with van der Waals surface area (Å²) >= 11 is 12.2. The van der Waals surface area contributed by atoms with Gasteiger partial charge in [0.1, 0.15) is 0 Å². The van der Waals surface area contributed by atoms with Crippen LogP contribution in [0.2, 0.25) is 10.0 Å². The van der Waals surface area contributed by atoms with E-state index in [4.69, 9.17) is 27.9 Å². The highest BCUT2D eigenvalue weighted by atomic mass is 35.5. The number of benzene rings is 2. The van der Waals surface area contributed by atoms with Gasteiger partial charge in [0.2, 0.25) is 0 Å². The number of hydrogen-bond donors (Lipinski definition) is 1. The number of amides is 1. The van der Waals surface area contributed by atoms with Crippen LogP contribution >= 0.6 is 23.2 Å². The van der Waals surface area contributed by atoms with Gasteiger partial charge in [-0.3, -0.25) is 9.69 Å². The molecule has 3 rings (SSSR count). The zero-order valence-electron chi connectivity index (χ0n) is 14.0. The van der Waals surface area contributed by atoms with Gasteiger partial charge in [-0.2, -0.15) is 0 Å². The van der Waals surface area contributed by atoms with Crippen molar-refractivity contribution in [2.75, 3.05) is 25.5 Å². The number of anilines is 1. The Morgan fingerprint density at radius 2 is 1.72 bits per heavy atom. The molecule has 1 aliphatic heterocycles. The van der Waals surface area contributed by atoms with Gasteiger partial charge in [0.25, 0.3) is 5.91 Å². The van der Waals surface area contributed by atoms with E-state index >= 15 is 0 Å². The minimum Gasteiger partial charge on any atom is -0.494 e. The van der Waals surface area contributed by atoms with Gasteiger partial charge in [-0.25, -0.2) is 0 Å². The summed E-state index contributed by atoms with van der Waals surface area (Å²) in [6.45, 7) is 3.28. The minimum absolute atomic E-state index is 0.265. The summed E-state index contributed by atoms with van der Waals surface area (Å²) in [4.78, 5) is 14.8. The van der Waals surface area contributed by atoms with Crippen LogP contribution in [0.25, 0.3) is 0 Å². The number of carbonyl (C=O) groups excluding carboxylic acids is 1. The van der Waals surface area contributed by atoms with Gasteiger partial charge < -0.3 is 10.1 Å². The molecule has 0 unspecified atom stereocenters. The van der Waals surface area contributed by atoms with E-state index in [-0.39, 0.29) is 5.91 Å². The van der Waals surface area contributed by atoms with Gasteiger partial charge in [-0.05, 0) is 55.8 Å². The molecule has 1 heterocycles. The topological polar surface area (TPSA) is 41.6 Å². The number of carbonyl (C=O) groups is 1. The Morgan fingerprint density at radius 3 is 2.28 bits per heavy atom. The lowest BCUT2D eigenvalue weighted by atomic mass is 10.1. The van der Waals surface area contributed by atoms with Crippen molar-refractivity contribution >= 4 is 34.8 Å². The maximum atomic E-state index is 12.4. The third kappa shape index (κ3) is 4.46. The molecule has 0 aliphatic carbocycles. The fourth-order valence-corrected chi connectivity index (χ4v) is 3.62. The largest absolute Gasteiger partial charge is 0.494 e. The van der Waals surface area contributed by atoms with Crippen molar-refractivity contribution in [3.05, 3.63) is 57.6 Å². The Kier molecular flexibility index (Phi) is 5.84. The fourth-order valence-electron chi connectivity index (χ4n) is 2.98. The van der Waals surface area contributed by atoms with Gasteiger partial charge >= 0.3 is 0 Å². The van der Waals surface area contributed by atoms with Crippen LogP contribution in [0.4, 0.5) is 5.69 Å². The second kappa shape index (κ2) is 8.09.